The number of carbonyl (C=O) groups excluding carboxylic acids is 2. The molecule has 5 rings (SSSR count). The van der Waals surface area contributed by atoms with Crippen LogP contribution in [0, 0.1) is 5.82 Å². The summed E-state index contributed by atoms with van der Waals surface area (Å²) >= 11 is 0. The summed E-state index contributed by atoms with van der Waals surface area (Å²) in [5.41, 5.74) is 6.56. The SMILES string of the molecule is Nc1ccccc1NC(=O)/C=C/c1ccc(C(NCCN2C[C@H]3C[C@@H]2CO3)C(=O)Nc2ccc(C(F)(F)F)c(F)c2)cc1. The molecule has 0 aromatic heterocycles. The van der Waals surface area contributed by atoms with Gasteiger partial charge in [-0.25, -0.2) is 4.39 Å². The number of likely N-dealkylation sites (tertiary alicyclic amines) is 1. The smallest absolute Gasteiger partial charge is 0.397 e. The van der Waals surface area contributed by atoms with E-state index in [0.717, 1.165) is 19.0 Å². The fourth-order valence-electron chi connectivity index (χ4n) is 5.26. The van der Waals surface area contributed by atoms with E-state index in [1.54, 1.807) is 54.6 Å². The number of benzene rings is 3. The summed E-state index contributed by atoms with van der Waals surface area (Å²) in [7, 11) is 0. The Hall–Kier alpha value is -4.26. The summed E-state index contributed by atoms with van der Waals surface area (Å²) in [5.74, 6) is -2.41. The molecule has 2 bridgehead atoms. The Morgan fingerprint density at radius 1 is 1.07 bits per heavy atom. The Morgan fingerprint density at radius 2 is 1.84 bits per heavy atom. The number of fused-ring (bicyclic) bond motifs is 2. The van der Waals surface area contributed by atoms with Crippen molar-refractivity contribution < 1.29 is 31.9 Å². The van der Waals surface area contributed by atoms with Gasteiger partial charge in [-0.3, -0.25) is 14.5 Å². The highest BCUT2D eigenvalue weighted by Crippen LogP contribution is 2.33. The highest BCUT2D eigenvalue weighted by Gasteiger charge is 2.38. The Labute approximate surface area is 245 Å². The van der Waals surface area contributed by atoms with Crippen molar-refractivity contribution in [1.29, 1.82) is 0 Å². The van der Waals surface area contributed by atoms with Crippen molar-refractivity contribution in [3.63, 3.8) is 0 Å². The van der Waals surface area contributed by atoms with Crippen molar-refractivity contribution in [1.82, 2.24) is 10.2 Å². The van der Waals surface area contributed by atoms with Crippen LogP contribution in [-0.2, 0) is 20.5 Å². The van der Waals surface area contributed by atoms with Gasteiger partial charge in [0.05, 0.1) is 29.6 Å². The van der Waals surface area contributed by atoms with E-state index in [4.69, 9.17) is 10.5 Å². The van der Waals surface area contributed by atoms with Gasteiger partial charge in [0.15, 0.2) is 0 Å². The molecule has 0 saturated carbocycles. The molecule has 0 spiro atoms. The number of hydrogen-bond acceptors (Lipinski definition) is 6. The predicted molar refractivity (Wildman–Crippen MR) is 155 cm³/mol. The highest BCUT2D eigenvalue weighted by atomic mass is 19.4. The zero-order valence-electron chi connectivity index (χ0n) is 23.0. The number of nitrogens with zero attached hydrogens (tertiary/aromatic N) is 1. The van der Waals surface area contributed by atoms with Crippen molar-refractivity contribution >= 4 is 35.0 Å². The zero-order chi connectivity index (χ0) is 30.6. The number of nitrogens with two attached hydrogens (primary N) is 1. The van der Waals surface area contributed by atoms with Crippen molar-refractivity contribution in [2.75, 3.05) is 42.6 Å². The lowest BCUT2D eigenvalue weighted by Crippen LogP contribution is -2.43. The molecular weight excluding hydrogens is 566 g/mol. The maximum Gasteiger partial charge on any atom is 0.419 e. The second-order valence-electron chi connectivity index (χ2n) is 10.5. The van der Waals surface area contributed by atoms with E-state index in [0.29, 0.717) is 60.4 Å². The Morgan fingerprint density at radius 3 is 2.49 bits per heavy atom. The number of anilines is 3. The molecule has 2 aliphatic heterocycles. The zero-order valence-corrected chi connectivity index (χ0v) is 23.0. The molecule has 5 N–H and O–H groups in total. The first-order chi connectivity index (χ1) is 20.6. The second-order valence-corrected chi connectivity index (χ2v) is 10.5. The summed E-state index contributed by atoms with van der Waals surface area (Å²) in [5, 5.41) is 8.47. The number of halogens is 4. The van der Waals surface area contributed by atoms with Gasteiger partial charge in [-0.05, 0) is 54.0 Å². The normalized spacial score (nSPS) is 19.1. The maximum absolute atomic E-state index is 14.1. The molecule has 2 saturated heterocycles. The number of carbonyl (C=O) groups is 2. The van der Waals surface area contributed by atoms with Gasteiger partial charge in [0.1, 0.15) is 11.9 Å². The van der Waals surface area contributed by atoms with Gasteiger partial charge < -0.3 is 26.4 Å². The van der Waals surface area contributed by atoms with Crippen LogP contribution in [-0.4, -0.2) is 55.1 Å². The number of para-hydroxylation sites is 2. The standard InChI is InChI=1S/C31H31F4N5O3/c32-25-15-21(10-11-24(25)31(33,34)35)38-30(42)29(37-13-14-40-17-23-16-22(40)18-43-23)20-8-5-19(6-9-20)7-12-28(41)39-27-4-2-1-3-26(27)36/h1-12,15,22-23,29,37H,13-14,16-18,36H2,(H,38,42)(H,39,41)/b12-7+/t22-,23-,29?/m1/s1. The van der Waals surface area contributed by atoms with Gasteiger partial charge in [-0.1, -0.05) is 36.4 Å². The summed E-state index contributed by atoms with van der Waals surface area (Å²) < 4.78 is 58.7. The third-order valence-corrected chi connectivity index (χ3v) is 7.48. The van der Waals surface area contributed by atoms with Crippen molar-refractivity contribution in [3.8, 4) is 0 Å². The topological polar surface area (TPSA) is 109 Å². The summed E-state index contributed by atoms with van der Waals surface area (Å²) in [4.78, 5) is 28.0. The van der Waals surface area contributed by atoms with Gasteiger partial charge in [-0.15, -0.1) is 0 Å². The van der Waals surface area contributed by atoms with Crippen LogP contribution in [0.5, 0.6) is 0 Å². The van der Waals surface area contributed by atoms with Gasteiger partial charge in [0.25, 0.3) is 0 Å². The molecule has 226 valence electrons. The van der Waals surface area contributed by atoms with E-state index in [2.05, 4.69) is 20.9 Å². The number of alkyl halides is 3. The third kappa shape index (κ3) is 7.58. The number of amides is 2. The van der Waals surface area contributed by atoms with Crippen LogP contribution in [0.2, 0.25) is 0 Å². The molecule has 12 heteroatoms. The summed E-state index contributed by atoms with van der Waals surface area (Å²) in [6, 6.07) is 15.5. The molecule has 2 amide bonds. The van der Waals surface area contributed by atoms with E-state index in [-0.39, 0.29) is 17.7 Å². The number of ether oxygens (including phenoxy) is 1. The molecule has 3 aromatic rings. The Bertz CT molecular complexity index is 1500. The lowest BCUT2D eigenvalue weighted by Gasteiger charge is -2.27. The lowest BCUT2D eigenvalue weighted by atomic mass is 10.0. The van der Waals surface area contributed by atoms with Gasteiger partial charge in [0, 0.05) is 37.4 Å². The molecule has 8 nitrogen and oxygen atoms in total. The Kier molecular flexibility index (Phi) is 9.09. The molecule has 2 heterocycles. The van der Waals surface area contributed by atoms with Crippen molar-refractivity contribution in [2.24, 2.45) is 0 Å². The molecule has 43 heavy (non-hydrogen) atoms. The largest absolute Gasteiger partial charge is 0.419 e. The molecule has 1 unspecified atom stereocenters. The molecular formula is C31H31F4N5O3. The average molecular weight is 598 g/mol. The second kappa shape index (κ2) is 12.9. The van der Waals surface area contributed by atoms with Crippen molar-refractivity contribution in [3.05, 3.63) is 95.3 Å². The maximum atomic E-state index is 14.1. The molecule has 2 aliphatic rings. The highest BCUT2D eigenvalue weighted by molar-refractivity contribution is 6.03. The molecule has 2 fully saturated rings. The van der Waals surface area contributed by atoms with Gasteiger partial charge >= 0.3 is 6.18 Å². The minimum atomic E-state index is -4.84. The minimum Gasteiger partial charge on any atom is -0.397 e. The van der Waals surface area contributed by atoms with Gasteiger partial charge in [0.2, 0.25) is 11.8 Å². The first kappa shape index (κ1) is 30.2. The van der Waals surface area contributed by atoms with Crippen LogP contribution in [0.3, 0.4) is 0 Å². The van der Waals surface area contributed by atoms with Crippen molar-refractivity contribution in [2.45, 2.75) is 30.8 Å². The molecule has 0 radical (unpaired) electrons. The first-order valence-electron chi connectivity index (χ1n) is 13.8. The van der Waals surface area contributed by atoms with Crippen LogP contribution >= 0.6 is 0 Å². The van der Waals surface area contributed by atoms with E-state index < -0.39 is 29.5 Å². The monoisotopic (exact) mass is 597 g/mol. The van der Waals surface area contributed by atoms with Crippen LogP contribution in [0.15, 0.2) is 72.8 Å². The number of rotatable bonds is 10. The Balaban J connectivity index is 1.27. The number of hydrogen-bond donors (Lipinski definition) is 4. The first-order valence-corrected chi connectivity index (χ1v) is 13.8. The van der Waals surface area contributed by atoms with Gasteiger partial charge in [-0.2, -0.15) is 13.2 Å². The van der Waals surface area contributed by atoms with Crippen LogP contribution in [0.25, 0.3) is 6.08 Å². The third-order valence-electron chi connectivity index (χ3n) is 7.48. The summed E-state index contributed by atoms with van der Waals surface area (Å²) in [6.45, 7) is 2.62. The van der Waals surface area contributed by atoms with E-state index in [1.807, 2.05) is 0 Å². The van der Waals surface area contributed by atoms with Crippen LogP contribution < -0.4 is 21.7 Å². The van der Waals surface area contributed by atoms with Crippen LogP contribution in [0.1, 0.15) is 29.2 Å². The van der Waals surface area contributed by atoms with E-state index in [9.17, 15) is 27.2 Å². The number of morpholine rings is 1. The quantitative estimate of drug-likeness (QED) is 0.152. The van der Waals surface area contributed by atoms with Crippen LogP contribution in [0.4, 0.5) is 34.6 Å². The van der Waals surface area contributed by atoms with E-state index in [1.165, 1.54) is 6.08 Å². The number of nitrogens with one attached hydrogen (secondary N) is 3. The predicted octanol–water partition coefficient (Wildman–Crippen LogP) is 4.82. The average Bonchev–Trinajstić information content (AvgIpc) is 3.59. The minimum absolute atomic E-state index is 0.0964. The fraction of sp³-hybridized carbons (Fsp3) is 0.290. The molecule has 3 atom stereocenters. The summed E-state index contributed by atoms with van der Waals surface area (Å²) in [6.07, 6.45) is -0.670. The lowest BCUT2D eigenvalue weighted by molar-refractivity contribution is -0.140. The fourth-order valence-corrected chi connectivity index (χ4v) is 5.26. The molecule has 3 aromatic carbocycles. The van der Waals surface area contributed by atoms with E-state index >= 15 is 0 Å². The molecule has 0 aliphatic carbocycles. The number of nitrogen functional groups attached to an aromatic ring is 1.